The van der Waals surface area contributed by atoms with Crippen LogP contribution in [0.5, 0.6) is 0 Å². The number of aliphatic hydroxyl groups excluding tert-OH is 1. The maximum atomic E-state index is 10.3. The third-order valence-electron chi connectivity index (χ3n) is 2.52. The number of carboxylic acid groups (broad SMARTS) is 1. The molecule has 5 nitrogen and oxygen atoms in total. The molecule has 0 saturated carbocycles. The van der Waals surface area contributed by atoms with Crippen LogP contribution < -0.4 is 5.32 Å². The SMILES string of the molecule is CC(CCc1ccco1)NCC(O)CC(=O)O. The highest BCUT2D eigenvalue weighted by atomic mass is 16.4. The molecular weight excluding hydrogens is 222 g/mol. The van der Waals surface area contributed by atoms with Gasteiger partial charge in [-0.25, -0.2) is 0 Å². The van der Waals surface area contributed by atoms with Crippen molar-refractivity contribution in [2.24, 2.45) is 0 Å². The standard InChI is InChI=1S/C12H19NO4/c1-9(4-5-11-3-2-6-17-11)13-8-10(14)7-12(15)16/h2-3,6,9-10,13-14H,4-5,7-8H2,1H3,(H,15,16). The minimum Gasteiger partial charge on any atom is -0.481 e. The summed E-state index contributed by atoms with van der Waals surface area (Å²) in [5.41, 5.74) is 0. The molecule has 0 fully saturated rings. The van der Waals surface area contributed by atoms with Gasteiger partial charge in [-0.3, -0.25) is 4.79 Å². The molecule has 0 bridgehead atoms. The van der Waals surface area contributed by atoms with Crippen molar-refractivity contribution in [3.8, 4) is 0 Å². The molecular formula is C12H19NO4. The Hall–Kier alpha value is -1.33. The Kier molecular flexibility index (Phi) is 5.72. The van der Waals surface area contributed by atoms with E-state index in [4.69, 9.17) is 9.52 Å². The van der Waals surface area contributed by atoms with Gasteiger partial charge in [0.1, 0.15) is 5.76 Å². The lowest BCUT2D eigenvalue weighted by molar-refractivity contribution is -0.139. The quantitative estimate of drug-likeness (QED) is 0.633. The molecule has 96 valence electrons. The van der Waals surface area contributed by atoms with Gasteiger partial charge in [-0.05, 0) is 25.5 Å². The lowest BCUT2D eigenvalue weighted by Gasteiger charge is -2.15. The molecule has 0 amide bonds. The van der Waals surface area contributed by atoms with Gasteiger partial charge in [0, 0.05) is 19.0 Å². The van der Waals surface area contributed by atoms with Crippen molar-refractivity contribution in [3.05, 3.63) is 24.2 Å². The number of carbonyl (C=O) groups is 1. The Bertz CT molecular complexity index is 323. The Morgan fingerprint density at radius 3 is 2.94 bits per heavy atom. The van der Waals surface area contributed by atoms with Crippen LogP contribution in [0.2, 0.25) is 0 Å². The average molecular weight is 241 g/mol. The van der Waals surface area contributed by atoms with Crippen LogP contribution in [-0.2, 0) is 11.2 Å². The van der Waals surface area contributed by atoms with Crippen LogP contribution in [0.25, 0.3) is 0 Å². The smallest absolute Gasteiger partial charge is 0.306 e. The summed E-state index contributed by atoms with van der Waals surface area (Å²) in [6, 6.07) is 3.99. The van der Waals surface area contributed by atoms with Gasteiger partial charge in [-0.1, -0.05) is 0 Å². The number of aryl methyl sites for hydroxylation is 1. The van der Waals surface area contributed by atoms with E-state index in [1.807, 2.05) is 19.1 Å². The van der Waals surface area contributed by atoms with Crippen LogP contribution in [-0.4, -0.2) is 34.9 Å². The summed E-state index contributed by atoms with van der Waals surface area (Å²) >= 11 is 0. The minimum atomic E-state index is -0.984. The summed E-state index contributed by atoms with van der Waals surface area (Å²) in [6.45, 7) is 2.29. The first-order valence-corrected chi connectivity index (χ1v) is 5.73. The number of rotatable bonds is 8. The number of aliphatic hydroxyl groups is 1. The molecule has 3 N–H and O–H groups in total. The first-order valence-electron chi connectivity index (χ1n) is 5.73. The first-order chi connectivity index (χ1) is 8.08. The Morgan fingerprint density at radius 1 is 1.59 bits per heavy atom. The molecule has 1 aromatic heterocycles. The van der Waals surface area contributed by atoms with Gasteiger partial charge in [0.2, 0.25) is 0 Å². The summed E-state index contributed by atoms with van der Waals surface area (Å²) in [4.78, 5) is 10.3. The summed E-state index contributed by atoms with van der Waals surface area (Å²) in [6.07, 6.45) is 2.30. The highest BCUT2D eigenvalue weighted by Gasteiger charge is 2.11. The highest BCUT2D eigenvalue weighted by molar-refractivity contribution is 5.67. The second kappa shape index (κ2) is 7.09. The lowest BCUT2D eigenvalue weighted by atomic mass is 10.1. The Labute approximate surface area is 100 Å². The van der Waals surface area contributed by atoms with Gasteiger partial charge in [-0.2, -0.15) is 0 Å². The number of hydrogen-bond donors (Lipinski definition) is 3. The van der Waals surface area contributed by atoms with Gasteiger partial charge < -0.3 is 19.9 Å². The molecule has 1 heterocycles. The Morgan fingerprint density at radius 2 is 2.35 bits per heavy atom. The summed E-state index contributed by atoms with van der Waals surface area (Å²) in [7, 11) is 0. The largest absolute Gasteiger partial charge is 0.481 e. The maximum absolute atomic E-state index is 10.3. The molecule has 2 unspecified atom stereocenters. The predicted molar refractivity (Wildman–Crippen MR) is 62.8 cm³/mol. The fraction of sp³-hybridized carbons (Fsp3) is 0.583. The van der Waals surface area contributed by atoms with Crippen molar-refractivity contribution in [2.75, 3.05) is 6.54 Å². The van der Waals surface area contributed by atoms with E-state index in [2.05, 4.69) is 5.32 Å². The van der Waals surface area contributed by atoms with E-state index in [9.17, 15) is 9.90 Å². The molecule has 0 aliphatic heterocycles. The van der Waals surface area contributed by atoms with Crippen LogP contribution in [0.3, 0.4) is 0 Å². The van der Waals surface area contributed by atoms with E-state index < -0.39 is 12.1 Å². The third kappa shape index (κ3) is 6.09. The number of nitrogens with one attached hydrogen (secondary N) is 1. The van der Waals surface area contributed by atoms with Gasteiger partial charge in [0.25, 0.3) is 0 Å². The zero-order valence-electron chi connectivity index (χ0n) is 9.93. The zero-order chi connectivity index (χ0) is 12.7. The molecule has 17 heavy (non-hydrogen) atoms. The van der Waals surface area contributed by atoms with Crippen molar-refractivity contribution in [2.45, 2.75) is 38.3 Å². The molecule has 1 aromatic rings. The minimum absolute atomic E-state index is 0.212. The van der Waals surface area contributed by atoms with E-state index in [0.717, 1.165) is 18.6 Å². The fourth-order valence-electron chi connectivity index (χ4n) is 1.53. The first kappa shape index (κ1) is 13.7. The molecule has 0 spiro atoms. The van der Waals surface area contributed by atoms with E-state index in [1.165, 1.54) is 0 Å². The third-order valence-corrected chi connectivity index (χ3v) is 2.52. The summed E-state index contributed by atoms with van der Waals surface area (Å²) < 4.78 is 5.21. The Balaban J connectivity index is 2.12. The second-order valence-electron chi connectivity index (χ2n) is 4.18. The molecule has 1 rings (SSSR count). The van der Waals surface area contributed by atoms with Crippen LogP contribution in [0.4, 0.5) is 0 Å². The maximum Gasteiger partial charge on any atom is 0.306 e. The van der Waals surface area contributed by atoms with Gasteiger partial charge in [-0.15, -0.1) is 0 Å². The van der Waals surface area contributed by atoms with E-state index in [-0.39, 0.29) is 12.5 Å². The molecule has 0 aliphatic rings. The number of carboxylic acids is 1. The molecule has 5 heteroatoms. The van der Waals surface area contributed by atoms with Crippen molar-refractivity contribution >= 4 is 5.97 Å². The number of hydrogen-bond acceptors (Lipinski definition) is 4. The van der Waals surface area contributed by atoms with Crippen LogP contribution in [0.15, 0.2) is 22.8 Å². The second-order valence-corrected chi connectivity index (χ2v) is 4.18. The van der Waals surface area contributed by atoms with Crippen molar-refractivity contribution in [1.82, 2.24) is 5.32 Å². The van der Waals surface area contributed by atoms with Gasteiger partial charge in [0.05, 0.1) is 18.8 Å². The van der Waals surface area contributed by atoms with Crippen LogP contribution in [0.1, 0.15) is 25.5 Å². The zero-order valence-corrected chi connectivity index (χ0v) is 9.93. The van der Waals surface area contributed by atoms with Crippen molar-refractivity contribution in [3.63, 3.8) is 0 Å². The topological polar surface area (TPSA) is 82.7 Å². The average Bonchev–Trinajstić information content (AvgIpc) is 2.75. The lowest BCUT2D eigenvalue weighted by Crippen LogP contribution is -2.35. The van der Waals surface area contributed by atoms with Crippen molar-refractivity contribution in [1.29, 1.82) is 0 Å². The number of furan rings is 1. The summed E-state index contributed by atoms with van der Waals surface area (Å²) in [5.74, 6) is -0.0488. The summed E-state index contributed by atoms with van der Waals surface area (Å²) in [5, 5.41) is 20.9. The van der Waals surface area contributed by atoms with E-state index in [1.54, 1.807) is 6.26 Å². The van der Waals surface area contributed by atoms with Crippen LogP contribution >= 0.6 is 0 Å². The monoisotopic (exact) mass is 241 g/mol. The molecule has 0 saturated heterocycles. The van der Waals surface area contributed by atoms with Crippen LogP contribution in [0, 0.1) is 0 Å². The number of aliphatic carboxylic acids is 1. The van der Waals surface area contributed by atoms with Gasteiger partial charge in [0.15, 0.2) is 0 Å². The normalized spacial score (nSPS) is 14.5. The molecule has 0 aliphatic carbocycles. The van der Waals surface area contributed by atoms with Crippen molar-refractivity contribution < 1.29 is 19.4 Å². The van der Waals surface area contributed by atoms with Gasteiger partial charge >= 0.3 is 5.97 Å². The molecule has 0 radical (unpaired) electrons. The molecule has 0 aromatic carbocycles. The van der Waals surface area contributed by atoms with E-state index in [0.29, 0.717) is 6.54 Å². The highest BCUT2D eigenvalue weighted by Crippen LogP contribution is 2.05. The fourth-order valence-corrected chi connectivity index (χ4v) is 1.53. The van der Waals surface area contributed by atoms with E-state index >= 15 is 0 Å². The molecule has 2 atom stereocenters. The predicted octanol–water partition coefficient (Wildman–Crippen LogP) is 1.03.